The molecule has 0 saturated carbocycles. The Morgan fingerprint density at radius 3 is 2.87 bits per heavy atom. The number of thioether (sulfide) groups is 1. The van der Waals surface area contributed by atoms with Gasteiger partial charge in [-0.1, -0.05) is 18.9 Å². The Kier molecular flexibility index (Phi) is 5.97. The van der Waals surface area contributed by atoms with E-state index in [1.807, 2.05) is 13.8 Å². The lowest BCUT2D eigenvalue weighted by Crippen LogP contribution is -2.14. The van der Waals surface area contributed by atoms with E-state index in [2.05, 4.69) is 15.5 Å². The number of amides is 1. The summed E-state index contributed by atoms with van der Waals surface area (Å²) in [6.07, 6.45) is 0. The third-order valence-electron chi connectivity index (χ3n) is 2.91. The van der Waals surface area contributed by atoms with Crippen LogP contribution in [0.15, 0.2) is 22.6 Å². The van der Waals surface area contributed by atoms with E-state index >= 15 is 0 Å². The molecule has 1 aromatic carbocycles. The molecule has 0 unspecified atom stereocenters. The molecule has 1 heterocycles. The van der Waals surface area contributed by atoms with Crippen molar-refractivity contribution in [3.63, 3.8) is 0 Å². The van der Waals surface area contributed by atoms with Crippen LogP contribution in [0.3, 0.4) is 0 Å². The minimum absolute atomic E-state index is 0.0858. The van der Waals surface area contributed by atoms with Crippen molar-refractivity contribution in [1.29, 1.82) is 0 Å². The molecule has 6 nitrogen and oxygen atoms in total. The second-order valence-electron chi connectivity index (χ2n) is 5.10. The van der Waals surface area contributed by atoms with Gasteiger partial charge in [0.25, 0.3) is 0 Å². The van der Waals surface area contributed by atoms with Crippen molar-refractivity contribution in [2.75, 3.05) is 18.2 Å². The number of carbonyl (C=O) groups is 1. The summed E-state index contributed by atoms with van der Waals surface area (Å²) in [6.45, 7) is 3.84. The Morgan fingerprint density at radius 2 is 2.22 bits per heavy atom. The van der Waals surface area contributed by atoms with E-state index in [0.717, 1.165) is 0 Å². The molecule has 8 heteroatoms. The molecule has 0 aliphatic heterocycles. The van der Waals surface area contributed by atoms with Crippen LogP contribution in [0.2, 0.25) is 0 Å². The summed E-state index contributed by atoms with van der Waals surface area (Å²) >= 11 is 1.34. The molecule has 0 spiro atoms. The predicted molar refractivity (Wildman–Crippen MR) is 86.1 cm³/mol. The van der Waals surface area contributed by atoms with E-state index in [1.54, 1.807) is 6.07 Å². The fourth-order valence-electron chi connectivity index (χ4n) is 1.79. The molecule has 1 aromatic heterocycles. The van der Waals surface area contributed by atoms with Gasteiger partial charge in [0.05, 0.1) is 12.9 Å². The molecule has 124 valence electrons. The highest BCUT2D eigenvalue weighted by molar-refractivity contribution is 7.99. The van der Waals surface area contributed by atoms with Crippen LogP contribution in [0, 0.1) is 5.82 Å². The average molecular weight is 339 g/mol. The van der Waals surface area contributed by atoms with Crippen LogP contribution in [0.25, 0.3) is 0 Å². The van der Waals surface area contributed by atoms with E-state index in [0.29, 0.717) is 23.0 Å². The zero-order valence-corrected chi connectivity index (χ0v) is 13.9. The fourth-order valence-corrected chi connectivity index (χ4v) is 2.59. The number of aromatic nitrogens is 2. The summed E-state index contributed by atoms with van der Waals surface area (Å²) in [4.78, 5) is 11.8. The molecule has 23 heavy (non-hydrogen) atoms. The summed E-state index contributed by atoms with van der Waals surface area (Å²) in [5.41, 5.74) is 0.699. The molecule has 0 radical (unpaired) electrons. The molecule has 0 fully saturated rings. The first-order valence-corrected chi connectivity index (χ1v) is 8.18. The first-order chi connectivity index (χ1) is 11.0. The molecule has 0 aliphatic rings. The van der Waals surface area contributed by atoms with Crippen LogP contribution in [0.4, 0.5) is 10.4 Å². The Hall–Kier alpha value is -2.09. The van der Waals surface area contributed by atoms with Crippen molar-refractivity contribution in [3.8, 4) is 5.75 Å². The van der Waals surface area contributed by atoms with Crippen LogP contribution in [-0.4, -0.2) is 29.0 Å². The number of hydrogen-bond donors (Lipinski definition) is 1. The lowest BCUT2D eigenvalue weighted by Gasteiger charge is -2.08. The van der Waals surface area contributed by atoms with Crippen LogP contribution in [0.1, 0.15) is 31.2 Å². The molecular weight excluding hydrogens is 321 g/mol. The highest BCUT2D eigenvalue weighted by Gasteiger charge is 2.12. The van der Waals surface area contributed by atoms with E-state index in [1.165, 1.54) is 31.0 Å². The first-order valence-electron chi connectivity index (χ1n) is 7.03. The number of benzene rings is 1. The number of nitrogens with zero attached hydrogens (tertiary/aromatic N) is 2. The quantitative estimate of drug-likeness (QED) is 0.834. The van der Waals surface area contributed by atoms with E-state index in [-0.39, 0.29) is 29.4 Å². The highest BCUT2D eigenvalue weighted by atomic mass is 32.2. The Balaban J connectivity index is 1.84. The summed E-state index contributed by atoms with van der Waals surface area (Å²) in [5.74, 6) is 1.20. The topological polar surface area (TPSA) is 77.2 Å². The van der Waals surface area contributed by atoms with Gasteiger partial charge in [0, 0.05) is 17.2 Å². The van der Waals surface area contributed by atoms with Crippen molar-refractivity contribution >= 4 is 23.7 Å². The van der Waals surface area contributed by atoms with Crippen molar-refractivity contribution < 1.29 is 18.3 Å². The van der Waals surface area contributed by atoms with Crippen molar-refractivity contribution in [1.82, 2.24) is 10.2 Å². The zero-order valence-electron chi connectivity index (χ0n) is 13.1. The zero-order chi connectivity index (χ0) is 16.8. The van der Waals surface area contributed by atoms with Crippen LogP contribution >= 0.6 is 11.8 Å². The maximum absolute atomic E-state index is 13.3. The Labute approximate surface area is 137 Å². The molecule has 0 aliphatic carbocycles. The second-order valence-corrected chi connectivity index (χ2v) is 6.08. The average Bonchev–Trinajstić information content (AvgIpc) is 2.96. The SMILES string of the molecule is COc1ccc(F)cc1CSCC(=O)Nc1nnc(C(C)C)o1. The fraction of sp³-hybridized carbons (Fsp3) is 0.400. The number of ether oxygens (including phenoxy) is 1. The van der Waals surface area contributed by atoms with Gasteiger partial charge in [-0.2, -0.15) is 0 Å². The number of halogens is 1. The number of hydrogen-bond acceptors (Lipinski definition) is 6. The van der Waals surface area contributed by atoms with Gasteiger partial charge in [0.1, 0.15) is 11.6 Å². The van der Waals surface area contributed by atoms with Crippen molar-refractivity contribution in [2.45, 2.75) is 25.5 Å². The van der Waals surface area contributed by atoms with Gasteiger partial charge in [-0.15, -0.1) is 16.9 Å². The number of anilines is 1. The molecule has 2 aromatic rings. The number of carbonyl (C=O) groups excluding carboxylic acids is 1. The third kappa shape index (κ3) is 4.95. The molecule has 2 rings (SSSR count). The molecule has 1 amide bonds. The first kappa shape index (κ1) is 17.3. The highest BCUT2D eigenvalue weighted by Crippen LogP contribution is 2.24. The monoisotopic (exact) mass is 339 g/mol. The summed E-state index contributed by atoms with van der Waals surface area (Å²) in [6, 6.07) is 4.39. The molecule has 0 saturated heterocycles. The minimum atomic E-state index is -0.335. The summed E-state index contributed by atoms with van der Waals surface area (Å²) in [5, 5.41) is 10.1. The van der Waals surface area contributed by atoms with Gasteiger partial charge in [-0.3, -0.25) is 10.1 Å². The summed E-state index contributed by atoms with van der Waals surface area (Å²) < 4.78 is 23.7. The van der Waals surface area contributed by atoms with Gasteiger partial charge < -0.3 is 9.15 Å². The maximum atomic E-state index is 13.3. The minimum Gasteiger partial charge on any atom is -0.496 e. The van der Waals surface area contributed by atoms with Crippen LogP contribution in [0.5, 0.6) is 5.75 Å². The largest absolute Gasteiger partial charge is 0.496 e. The van der Waals surface area contributed by atoms with Gasteiger partial charge in [0.15, 0.2) is 0 Å². The Morgan fingerprint density at radius 1 is 1.43 bits per heavy atom. The van der Waals surface area contributed by atoms with Gasteiger partial charge >= 0.3 is 6.01 Å². The van der Waals surface area contributed by atoms with E-state index < -0.39 is 0 Å². The molecule has 1 N–H and O–H groups in total. The molecule has 0 bridgehead atoms. The Bertz CT molecular complexity index is 676. The molecule has 0 atom stereocenters. The number of rotatable bonds is 7. The number of nitrogens with one attached hydrogen (secondary N) is 1. The maximum Gasteiger partial charge on any atom is 0.322 e. The summed E-state index contributed by atoms with van der Waals surface area (Å²) in [7, 11) is 1.52. The van der Waals surface area contributed by atoms with Crippen LogP contribution < -0.4 is 10.1 Å². The standard InChI is InChI=1S/C15H18FN3O3S/c1-9(2)14-18-19-15(22-14)17-13(20)8-23-7-10-6-11(16)4-5-12(10)21-3/h4-6,9H,7-8H2,1-3H3,(H,17,19,20). The molecular formula is C15H18FN3O3S. The van der Waals surface area contributed by atoms with Gasteiger partial charge in [0.2, 0.25) is 11.8 Å². The third-order valence-corrected chi connectivity index (χ3v) is 3.90. The second kappa shape index (κ2) is 7.96. The van der Waals surface area contributed by atoms with Gasteiger partial charge in [-0.25, -0.2) is 4.39 Å². The smallest absolute Gasteiger partial charge is 0.322 e. The normalized spacial score (nSPS) is 10.8. The lowest BCUT2D eigenvalue weighted by atomic mass is 10.2. The van der Waals surface area contributed by atoms with E-state index in [9.17, 15) is 9.18 Å². The van der Waals surface area contributed by atoms with Crippen LogP contribution in [-0.2, 0) is 10.5 Å². The van der Waals surface area contributed by atoms with E-state index in [4.69, 9.17) is 9.15 Å². The lowest BCUT2D eigenvalue weighted by molar-refractivity contribution is -0.113. The van der Waals surface area contributed by atoms with Crippen molar-refractivity contribution in [2.24, 2.45) is 0 Å². The predicted octanol–water partition coefficient (Wildman–Crippen LogP) is 3.21. The number of methoxy groups -OCH3 is 1. The van der Waals surface area contributed by atoms with Crippen molar-refractivity contribution in [3.05, 3.63) is 35.5 Å². The van der Waals surface area contributed by atoms with Gasteiger partial charge in [-0.05, 0) is 18.2 Å².